The molecule has 4 rings (SSSR count). The van der Waals surface area contributed by atoms with E-state index < -0.39 is 0 Å². The van der Waals surface area contributed by atoms with Crippen LogP contribution in [0.5, 0.6) is 0 Å². The normalized spacial score (nSPS) is 18.2. The van der Waals surface area contributed by atoms with Crippen LogP contribution >= 0.6 is 0 Å². The van der Waals surface area contributed by atoms with Crippen molar-refractivity contribution in [3.8, 4) is 0 Å². The van der Waals surface area contributed by atoms with E-state index in [1.54, 1.807) is 6.20 Å². The maximum absolute atomic E-state index is 13.0. The minimum Gasteiger partial charge on any atom is -0.367 e. The first-order chi connectivity index (χ1) is 11.6. The number of carbonyl (C=O) groups excluding carboxylic acids is 1. The minimum atomic E-state index is -0.202. The number of amides is 1. The molecule has 0 bridgehead atoms. The van der Waals surface area contributed by atoms with Crippen LogP contribution in [0.1, 0.15) is 28.0 Å². The van der Waals surface area contributed by atoms with Crippen molar-refractivity contribution >= 4 is 16.8 Å². The summed E-state index contributed by atoms with van der Waals surface area (Å²) in [4.78, 5) is 22.4. The van der Waals surface area contributed by atoms with Crippen molar-refractivity contribution in [3.63, 3.8) is 0 Å². The van der Waals surface area contributed by atoms with Crippen molar-refractivity contribution in [1.82, 2.24) is 19.4 Å². The lowest BCUT2D eigenvalue weighted by molar-refractivity contribution is -0.0264. The van der Waals surface area contributed by atoms with E-state index in [1.165, 1.54) is 0 Å². The van der Waals surface area contributed by atoms with Crippen LogP contribution in [0.2, 0.25) is 0 Å². The van der Waals surface area contributed by atoms with E-state index in [2.05, 4.69) is 9.97 Å². The number of aromatic amines is 1. The molecule has 0 radical (unpaired) electrons. The van der Waals surface area contributed by atoms with Gasteiger partial charge in [-0.1, -0.05) is 18.2 Å². The fraction of sp³-hybridized carbons (Fsp3) is 0.333. The predicted octanol–water partition coefficient (Wildman–Crippen LogP) is 2.42. The van der Waals surface area contributed by atoms with E-state index in [1.807, 2.05) is 53.9 Å². The lowest BCUT2D eigenvalue weighted by Crippen LogP contribution is -2.42. The average Bonchev–Trinajstić information content (AvgIpc) is 3.19. The smallest absolute Gasteiger partial charge is 0.256 e. The zero-order valence-electron chi connectivity index (χ0n) is 13.8. The number of morpholine rings is 1. The molecule has 1 saturated heterocycles. The van der Waals surface area contributed by atoms with E-state index in [9.17, 15) is 4.79 Å². The summed E-state index contributed by atoms with van der Waals surface area (Å²) in [5.74, 6) is 0.825. The molecule has 1 amide bonds. The number of carbonyl (C=O) groups is 1. The molecule has 0 unspecified atom stereocenters. The maximum atomic E-state index is 13.0. The molecule has 1 N–H and O–H groups in total. The quantitative estimate of drug-likeness (QED) is 0.787. The van der Waals surface area contributed by atoms with Gasteiger partial charge in [0.05, 0.1) is 18.7 Å². The number of ether oxygens (including phenoxy) is 1. The number of fused-ring (bicyclic) bond motifs is 1. The number of imidazole rings is 1. The van der Waals surface area contributed by atoms with Gasteiger partial charge in [0.15, 0.2) is 0 Å². The Balaban J connectivity index is 1.61. The monoisotopic (exact) mass is 324 g/mol. The fourth-order valence-electron chi connectivity index (χ4n) is 3.28. The summed E-state index contributed by atoms with van der Waals surface area (Å²) < 4.78 is 7.79. The summed E-state index contributed by atoms with van der Waals surface area (Å²) in [6.07, 6.45) is 3.49. The Hall–Kier alpha value is -2.60. The summed E-state index contributed by atoms with van der Waals surface area (Å²) in [6.45, 7) is 3.58. The lowest BCUT2D eigenvalue weighted by Gasteiger charge is -2.32. The lowest BCUT2D eigenvalue weighted by atomic mass is 10.1. The highest BCUT2D eigenvalue weighted by atomic mass is 16.5. The van der Waals surface area contributed by atoms with Crippen LogP contribution < -0.4 is 0 Å². The SMILES string of the molecule is Cc1cnc([C@@H]2CN(C(=O)c3cn(C)c4ccccc34)CCO2)[nH]1. The van der Waals surface area contributed by atoms with Crippen molar-refractivity contribution in [3.05, 3.63) is 53.7 Å². The molecule has 0 aliphatic carbocycles. The molecule has 24 heavy (non-hydrogen) atoms. The molecule has 1 aromatic carbocycles. The maximum Gasteiger partial charge on any atom is 0.256 e. The number of nitrogens with zero attached hydrogens (tertiary/aromatic N) is 3. The zero-order chi connectivity index (χ0) is 16.7. The number of aromatic nitrogens is 3. The van der Waals surface area contributed by atoms with Crippen LogP contribution in [0.3, 0.4) is 0 Å². The molecule has 1 aliphatic rings. The van der Waals surface area contributed by atoms with Gasteiger partial charge in [0.25, 0.3) is 5.91 Å². The molecule has 3 heterocycles. The topological polar surface area (TPSA) is 63.1 Å². The van der Waals surface area contributed by atoms with Gasteiger partial charge < -0.3 is 19.2 Å². The standard InChI is InChI=1S/C18H20N4O2/c1-12-9-19-17(20-12)16-11-22(7-8-24-16)18(23)14-10-21(2)15-6-4-3-5-13(14)15/h3-6,9-10,16H,7-8,11H2,1-2H3,(H,19,20)/t16-/m0/s1. The zero-order valence-corrected chi connectivity index (χ0v) is 13.8. The molecule has 1 fully saturated rings. The molecular weight excluding hydrogens is 304 g/mol. The van der Waals surface area contributed by atoms with Gasteiger partial charge in [0.2, 0.25) is 0 Å². The van der Waals surface area contributed by atoms with Gasteiger partial charge in [-0.15, -0.1) is 0 Å². The van der Waals surface area contributed by atoms with Crippen molar-refractivity contribution in [2.24, 2.45) is 7.05 Å². The number of para-hydroxylation sites is 1. The Kier molecular flexibility index (Phi) is 3.61. The Bertz CT molecular complexity index is 895. The molecule has 6 nitrogen and oxygen atoms in total. The number of nitrogens with one attached hydrogen (secondary N) is 1. The number of benzene rings is 1. The average molecular weight is 324 g/mol. The van der Waals surface area contributed by atoms with E-state index in [0.29, 0.717) is 19.7 Å². The number of H-pyrrole nitrogens is 1. The van der Waals surface area contributed by atoms with Gasteiger partial charge >= 0.3 is 0 Å². The summed E-state index contributed by atoms with van der Waals surface area (Å²) >= 11 is 0. The summed E-state index contributed by atoms with van der Waals surface area (Å²) in [5.41, 5.74) is 2.79. The largest absolute Gasteiger partial charge is 0.367 e. The van der Waals surface area contributed by atoms with Gasteiger partial charge in [0.1, 0.15) is 11.9 Å². The van der Waals surface area contributed by atoms with Crippen LogP contribution in [0.25, 0.3) is 10.9 Å². The second kappa shape index (κ2) is 5.79. The minimum absolute atomic E-state index is 0.0448. The van der Waals surface area contributed by atoms with Crippen LogP contribution in [0, 0.1) is 6.92 Å². The molecular formula is C18H20N4O2. The number of aryl methyl sites for hydroxylation is 2. The number of hydrogen-bond donors (Lipinski definition) is 1. The number of rotatable bonds is 2. The van der Waals surface area contributed by atoms with Crippen molar-refractivity contribution < 1.29 is 9.53 Å². The highest BCUT2D eigenvalue weighted by Crippen LogP contribution is 2.25. The van der Waals surface area contributed by atoms with E-state index in [-0.39, 0.29) is 12.0 Å². The molecule has 3 aromatic rings. The highest BCUT2D eigenvalue weighted by molar-refractivity contribution is 6.07. The highest BCUT2D eigenvalue weighted by Gasteiger charge is 2.29. The van der Waals surface area contributed by atoms with E-state index >= 15 is 0 Å². The van der Waals surface area contributed by atoms with Crippen LogP contribution in [-0.4, -0.2) is 45.0 Å². The molecule has 0 spiro atoms. The summed E-state index contributed by atoms with van der Waals surface area (Å²) in [5, 5.41) is 0.988. The summed E-state index contributed by atoms with van der Waals surface area (Å²) in [6, 6.07) is 7.98. The van der Waals surface area contributed by atoms with E-state index in [0.717, 1.165) is 28.0 Å². The van der Waals surface area contributed by atoms with Crippen LogP contribution in [-0.2, 0) is 11.8 Å². The Morgan fingerprint density at radius 2 is 2.21 bits per heavy atom. The van der Waals surface area contributed by atoms with Crippen LogP contribution in [0.15, 0.2) is 36.7 Å². The first kappa shape index (κ1) is 15.0. The fourth-order valence-corrected chi connectivity index (χ4v) is 3.28. The second-order valence-electron chi connectivity index (χ2n) is 6.23. The van der Waals surface area contributed by atoms with Crippen LogP contribution in [0.4, 0.5) is 0 Å². The van der Waals surface area contributed by atoms with Crippen molar-refractivity contribution in [2.45, 2.75) is 13.0 Å². The first-order valence-electron chi connectivity index (χ1n) is 8.10. The van der Waals surface area contributed by atoms with Crippen molar-refractivity contribution in [1.29, 1.82) is 0 Å². The molecule has 6 heteroatoms. The van der Waals surface area contributed by atoms with Gasteiger partial charge in [-0.2, -0.15) is 0 Å². The van der Waals surface area contributed by atoms with Gasteiger partial charge in [-0.25, -0.2) is 4.98 Å². The predicted molar refractivity (Wildman–Crippen MR) is 90.8 cm³/mol. The molecule has 124 valence electrons. The van der Waals surface area contributed by atoms with Gasteiger partial charge in [-0.05, 0) is 13.0 Å². The molecule has 1 atom stereocenters. The molecule has 1 aliphatic heterocycles. The van der Waals surface area contributed by atoms with Crippen molar-refractivity contribution in [2.75, 3.05) is 19.7 Å². The van der Waals surface area contributed by atoms with Gasteiger partial charge in [0, 0.05) is 42.6 Å². The first-order valence-corrected chi connectivity index (χ1v) is 8.10. The Morgan fingerprint density at radius 3 is 3.00 bits per heavy atom. The Labute approximate surface area is 140 Å². The third-order valence-electron chi connectivity index (χ3n) is 4.51. The van der Waals surface area contributed by atoms with E-state index in [4.69, 9.17) is 4.74 Å². The third kappa shape index (κ3) is 2.49. The second-order valence-corrected chi connectivity index (χ2v) is 6.23. The Morgan fingerprint density at radius 1 is 1.38 bits per heavy atom. The third-order valence-corrected chi connectivity index (χ3v) is 4.51. The number of hydrogen-bond acceptors (Lipinski definition) is 3. The van der Waals surface area contributed by atoms with Gasteiger partial charge in [-0.3, -0.25) is 4.79 Å². The summed E-state index contributed by atoms with van der Waals surface area (Å²) in [7, 11) is 1.97. The molecule has 2 aromatic heterocycles. The molecule has 0 saturated carbocycles.